The topological polar surface area (TPSA) is 61.7 Å². The molecule has 0 fully saturated rings. The Bertz CT molecular complexity index is 377. The van der Waals surface area contributed by atoms with Gasteiger partial charge in [0, 0.05) is 18.0 Å². The Balaban J connectivity index is 2.19. The van der Waals surface area contributed by atoms with Crippen molar-refractivity contribution in [3.8, 4) is 5.75 Å². The first kappa shape index (κ1) is 12.4. The summed E-state index contributed by atoms with van der Waals surface area (Å²) in [5.74, 6) is 0.884. The Labute approximate surface area is 101 Å². The van der Waals surface area contributed by atoms with E-state index in [1.807, 2.05) is 31.2 Å². The van der Waals surface area contributed by atoms with Gasteiger partial charge in [-0.1, -0.05) is 18.2 Å². The third-order valence-electron chi connectivity index (χ3n) is 3.18. The Kier molecular flexibility index (Phi) is 3.66. The van der Waals surface area contributed by atoms with Crippen LogP contribution in [0.15, 0.2) is 24.3 Å². The van der Waals surface area contributed by atoms with Gasteiger partial charge >= 0.3 is 0 Å². The van der Waals surface area contributed by atoms with Crippen LogP contribution in [0.2, 0.25) is 0 Å². The van der Waals surface area contributed by atoms with Gasteiger partial charge in [-0.25, -0.2) is 0 Å². The molecular formula is C13H19NO3. The van der Waals surface area contributed by atoms with Gasteiger partial charge in [0.05, 0.1) is 25.4 Å². The number of para-hydroxylation sites is 1. The molecule has 0 aromatic heterocycles. The van der Waals surface area contributed by atoms with Crippen LogP contribution in [0.5, 0.6) is 5.75 Å². The van der Waals surface area contributed by atoms with E-state index in [0.29, 0.717) is 6.61 Å². The third-order valence-corrected chi connectivity index (χ3v) is 3.18. The largest absolute Gasteiger partial charge is 0.493 e. The molecule has 0 aliphatic carbocycles. The fraction of sp³-hybridized carbons (Fsp3) is 0.538. The van der Waals surface area contributed by atoms with Crippen molar-refractivity contribution in [2.24, 2.45) is 0 Å². The summed E-state index contributed by atoms with van der Waals surface area (Å²) in [4.78, 5) is 0. The second kappa shape index (κ2) is 5.04. The van der Waals surface area contributed by atoms with E-state index in [0.717, 1.165) is 17.7 Å². The van der Waals surface area contributed by atoms with Crippen LogP contribution in [0.4, 0.5) is 0 Å². The van der Waals surface area contributed by atoms with Crippen molar-refractivity contribution in [2.75, 3.05) is 19.8 Å². The summed E-state index contributed by atoms with van der Waals surface area (Å²) in [7, 11) is 0. The Morgan fingerprint density at radius 1 is 1.35 bits per heavy atom. The normalized spacial score (nSPS) is 19.6. The van der Waals surface area contributed by atoms with E-state index in [1.165, 1.54) is 0 Å². The number of fused-ring (bicyclic) bond motifs is 1. The maximum absolute atomic E-state index is 9.31. The maximum Gasteiger partial charge on any atom is 0.124 e. The van der Waals surface area contributed by atoms with Crippen molar-refractivity contribution in [2.45, 2.75) is 24.9 Å². The molecule has 0 amide bonds. The number of benzene rings is 1. The highest BCUT2D eigenvalue weighted by Gasteiger charge is 2.29. The quantitative estimate of drug-likeness (QED) is 0.726. The van der Waals surface area contributed by atoms with Crippen LogP contribution in [-0.2, 0) is 0 Å². The first-order chi connectivity index (χ1) is 8.18. The van der Waals surface area contributed by atoms with E-state index in [-0.39, 0.29) is 19.3 Å². The lowest BCUT2D eigenvalue weighted by Gasteiger charge is -2.35. The summed E-state index contributed by atoms with van der Waals surface area (Å²) in [6.45, 7) is 2.28. The SMILES string of the molecule is CC(CO)(CO)NC1CCOc2ccccc21. The standard InChI is InChI=1S/C13H19NO3/c1-13(8-15,9-16)14-11-6-7-17-12-5-3-2-4-10(11)12/h2-5,11,14-16H,6-9H2,1H3. The Morgan fingerprint density at radius 2 is 2.06 bits per heavy atom. The number of hydrogen-bond donors (Lipinski definition) is 3. The van der Waals surface area contributed by atoms with E-state index in [2.05, 4.69) is 5.32 Å². The minimum Gasteiger partial charge on any atom is -0.493 e. The molecule has 0 radical (unpaired) electrons. The van der Waals surface area contributed by atoms with E-state index >= 15 is 0 Å². The Morgan fingerprint density at radius 3 is 2.76 bits per heavy atom. The van der Waals surface area contributed by atoms with E-state index in [9.17, 15) is 10.2 Å². The molecule has 4 heteroatoms. The molecule has 0 saturated heterocycles. The minimum atomic E-state index is -0.658. The van der Waals surface area contributed by atoms with Crippen LogP contribution in [0.25, 0.3) is 0 Å². The summed E-state index contributed by atoms with van der Waals surface area (Å²) in [5, 5.41) is 21.9. The maximum atomic E-state index is 9.31. The molecule has 94 valence electrons. The predicted molar refractivity (Wildman–Crippen MR) is 65.0 cm³/mol. The average molecular weight is 237 g/mol. The molecule has 0 saturated carbocycles. The summed E-state index contributed by atoms with van der Waals surface area (Å²) in [6, 6.07) is 7.99. The fourth-order valence-electron chi connectivity index (χ4n) is 2.05. The smallest absolute Gasteiger partial charge is 0.124 e. The van der Waals surface area contributed by atoms with Gasteiger partial charge in [-0.15, -0.1) is 0 Å². The van der Waals surface area contributed by atoms with E-state index in [4.69, 9.17) is 4.74 Å². The van der Waals surface area contributed by atoms with Gasteiger partial charge in [-0.05, 0) is 13.0 Å². The average Bonchev–Trinajstić information content (AvgIpc) is 2.39. The molecule has 3 N–H and O–H groups in total. The zero-order valence-corrected chi connectivity index (χ0v) is 10.0. The van der Waals surface area contributed by atoms with Crippen LogP contribution in [0.3, 0.4) is 0 Å². The van der Waals surface area contributed by atoms with E-state index < -0.39 is 5.54 Å². The van der Waals surface area contributed by atoms with Crippen molar-refractivity contribution in [3.05, 3.63) is 29.8 Å². The van der Waals surface area contributed by atoms with Crippen molar-refractivity contribution < 1.29 is 14.9 Å². The van der Waals surface area contributed by atoms with Gasteiger partial charge < -0.3 is 20.3 Å². The number of aliphatic hydroxyl groups excluding tert-OH is 2. The van der Waals surface area contributed by atoms with E-state index in [1.54, 1.807) is 0 Å². The first-order valence-corrected chi connectivity index (χ1v) is 5.90. The van der Waals surface area contributed by atoms with Crippen LogP contribution in [0, 0.1) is 0 Å². The highest BCUT2D eigenvalue weighted by molar-refractivity contribution is 5.37. The van der Waals surface area contributed by atoms with Crippen molar-refractivity contribution in [3.63, 3.8) is 0 Å². The molecule has 0 bridgehead atoms. The number of rotatable bonds is 4. The number of hydrogen-bond acceptors (Lipinski definition) is 4. The first-order valence-electron chi connectivity index (χ1n) is 5.90. The van der Waals surface area contributed by atoms with Crippen molar-refractivity contribution in [1.82, 2.24) is 5.32 Å². The third kappa shape index (κ3) is 2.60. The molecular weight excluding hydrogens is 218 g/mol. The van der Waals surface area contributed by atoms with Crippen LogP contribution in [-0.4, -0.2) is 35.6 Å². The Hall–Kier alpha value is -1.10. The van der Waals surface area contributed by atoms with Gasteiger partial charge in [-0.3, -0.25) is 0 Å². The number of aliphatic hydroxyl groups is 2. The van der Waals surface area contributed by atoms with Gasteiger partial charge in [-0.2, -0.15) is 0 Å². The number of ether oxygens (including phenoxy) is 1. The predicted octanol–water partition coefficient (Wildman–Crippen LogP) is 0.843. The zero-order chi connectivity index (χ0) is 12.3. The van der Waals surface area contributed by atoms with Crippen LogP contribution < -0.4 is 10.1 Å². The van der Waals surface area contributed by atoms with Crippen LogP contribution in [0.1, 0.15) is 24.9 Å². The number of nitrogens with one attached hydrogen (secondary N) is 1. The summed E-state index contributed by atoms with van der Waals surface area (Å²) in [5.41, 5.74) is 0.432. The van der Waals surface area contributed by atoms with Crippen molar-refractivity contribution in [1.29, 1.82) is 0 Å². The molecule has 0 spiro atoms. The second-order valence-electron chi connectivity index (χ2n) is 4.75. The lowest BCUT2D eigenvalue weighted by atomic mass is 9.96. The molecule has 4 nitrogen and oxygen atoms in total. The van der Waals surface area contributed by atoms with Gasteiger partial charge in [0.15, 0.2) is 0 Å². The molecule has 1 unspecified atom stereocenters. The molecule has 17 heavy (non-hydrogen) atoms. The molecule has 1 aliphatic rings. The highest BCUT2D eigenvalue weighted by atomic mass is 16.5. The molecule has 1 aromatic carbocycles. The molecule has 2 rings (SSSR count). The fourth-order valence-corrected chi connectivity index (χ4v) is 2.05. The summed E-state index contributed by atoms with van der Waals surface area (Å²) < 4.78 is 5.57. The van der Waals surface area contributed by atoms with Crippen molar-refractivity contribution >= 4 is 0 Å². The molecule has 1 aliphatic heterocycles. The lowest BCUT2D eigenvalue weighted by molar-refractivity contribution is 0.0866. The van der Waals surface area contributed by atoms with Gasteiger partial charge in [0.25, 0.3) is 0 Å². The monoisotopic (exact) mass is 237 g/mol. The lowest BCUT2D eigenvalue weighted by Crippen LogP contribution is -2.51. The van der Waals surface area contributed by atoms with Crippen LogP contribution >= 0.6 is 0 Å². The second-order valence-corrected chi connectivity index (χ2v) is 4.75. The summed E-state index contributed by atoms with van der Waals surface area (Å²) >= 11 is 0. The van der Waals surface area contributed by atoms with Gasteiger partial charge in [0.2, 0.25) is 0 Å². The summed E-state index contributed by atoms with van der Waals surface area (Å²) in [6.07, 6.45) is 0.840. The zero-order valence-electron chi connectivity index (χ0n) is 10.0. The molecule has 1 heterocycles. The molecule has 1 aromatic rings. The molecule has 1 atom stereocenters. The minimum absolute atomic E-state index is 0.0942. The highest BCUT2D eigenvalue weighted by Crippen LogP contribution is 2.32. The van der Waals surface area contributed by atoms with Gasteiger partial charge in [0.1, 0.15) is 5.75 Å².